The molecule has 0 aromatic heterocycles. The van der Waals surface area contributed by atoms with Crippen LogP contribution in [0.25, 0.3) is 0 Å². The van der Waals surface area contributed by atoms with E-state index in [0.717, 1.165) is 6.07 Å². The zero-order valence-corrected chi connectivity index (χ0v) is 11.4. The summed E-state index contributed by atoms with van der Waals surface area (Å²) in [4.78, 5) is 11.6. The predicted octanol–water partition coefficient (Wildman–Crippen LogP) is 4.05. The van der Waals surface area contributed by atoms with Gasteiger partial charge in [-0.1, -0.05) is 0 Å². The normalized spacial score (nSPS) is 11.4. The summed E-state index contributed by atoms with van der Waals surface area (Å²) < 4.78 is 49.0. The monoisotopic (exact) mass is 341 g/mol. The molecule has 0 spiro atoms. The van der Waals surface area contributed by atoms with E-state index in [1.165, 1.54) is 12.1 Å². The van der Waals surface area contributed by atoms with Crippen molar-refractivity contribution >= 4 is 21.8 Å². The molecule has 0 atom stereocenters. The first kappa shape index (κ1) is 15.9. The van der Waals surface area contributed by atoms with Gasteiger partial charge in [0.1, 0.15) is 5.82 Å². The molecule has 0 bridgehead atoms. The van der Waals surface area contributed by atoms with Crippen molar-refractivity contribution in [1.82, 2.24) is 5.32 Å². The Balaban J connectivity index is 2.38. The summed E-state index contributed by atoms with van der Waals surface area (Å²) in [5.74, 6) is -1.07. The molecule has 1 amide bonds. The number of rotatable bonds is 5. The summed E-state index contributed by atoms with van der Waals surface area (Å²) in [6.45, 7) is 0.123. The molecule has 7 heteroatoms. The molecule has 106 valence electrons. The number of hydrogen-bond donors (Lipinski definition) is 1. The van der Waals surface area contributed by atoms with Gasteiger partial charge in [0.15, 0.2) is 0 Å². The van der Waals surface area contributed by atoms with Crippen molar-refractivity contribution in [2.45, 2.75) is 25.4 Å². The molecule has 0 heterocycles. The first-order valence-electron chi connectivity index (χ1n) is 5.59. The lowest BCUT2D eigenvalue weighted by Crippen LogP contribution is -2.25. The first-order chi connectivity index (χ1) is 8.79. The molecule has 2 nitrogen and oxygen atoms in total. The number of carbonyl (C=O) groups excluding carboxylic acids is 1. The summed E-state index contributed by atoms with van der Waals surface area (Å²) in [5, 5.41) is 2.45. The van der Waals surface area contributed by atoms with Crippen LogP contribution in [0.1, 0.15) is 29.6 Å². The molecule has 0 radical (unpaired) electrons. The highest BCUT2D eigenvalue weighted by Gasteiger charge is 2.25. The minimum Gasteiger partial charge on any atom is -0.352 e. The van der Waals surface area contributed by atoms with Crippen LogP contribution in [0, 0.1) is 5.82 Å². The van der Waals surface area contributed by atoms with Crippen LogP contribution in [0.4, 0.5) is 17.6 Å². The van der Waals surface area contributed by atoms with Crippen LogP contribution < -0.4 is 5.32 Å². The lowest BCUT2D eigenvalue weighted by molar-refractivity contribution is -0.135. The highest BCUT2D eigenvalue weighted by Crippen LogP contribution is 2.22. The lowest BCUT2D eigenvalue weighted by Gasteiger charge is -2.08. The number of halogens is 5. The van der Waals surface area contributed by atoms with Crippen molar-refractivity contribution in [3.8, 4) is 0 Å². The van der Waals surface area contributed by atoms with Gasteiger partial charge in [-0.25, -0.2) is 4.39 Å². The second kappa shape index (κ2) is 6.88. The Bertz CT molecular complexity index is 448. The standard InChI is InChI=1S/C12H12BrF4NO/c13-10-4-3-8(14)7-9(10)11(19)18-6-2-1-5-12(15,16)17/h3-4,7H,1-2,5-6H2,(H,18,19). The zero-order chi connectivity index (χ0) is 14.5. The molecule has 0 aliphatic heterocycles. The minimum absolute atomic E-state index is 0.0475. The van der Waals surface area contributed by atoms with E-state index < -0.39 is 24.3 Å². The van der Waals surface area contributed by atoms with E-state index in [0.29, 0.717) is 4.47 Å². The van der Waals surface area contributed by atoms with Gasteiger partial charge in [-0.2, -0.15) is 13.2 Å². The molecule has 1 N–H and O–H groups in total. The fourth-order valence-corrected chi connectivity index (χ4v) is 1.85. The third-order valence-electron chi connectivity index (χ3n) is 2.35. The van der Waals surface area contributed by atoms with Crippen LogP contribution in [0.5, 0.6) is 0 Å². The summed E-state index contributed by atoms with van der Waals surface area (Å²) >= 11 is 3.10. The van der Waals surface area contributed by atoms with Crippen LogP contribution in [-0.4, -0.2) is 18.6 Å². The highest BCUT2D eigenvalue weighted by atomic mass is 79.9. The SMILES string of the molecule is O=C(NCCCCC(F)(F)F)c1cc(F)ccc1Br. The second-order valence-corrected chi connectivity index (χ2v) is 4.81. The van der Waals surface area contributed by atoms with E-state index in [-0.39, 0.29) is 24.9 Å². The summed E-state index contributed by atoms with van der Waals surface area (Å²) in [6.07, 6.45) is -4.87. The van der Waals surface area contributed by atoms with Gasteiger partial charge >= 0.3 is 6.18 Å². The maximum absolute atomic E-state index is 13.0. The number of carbonyl (C=O) groups is 1. The fourth-order valence-electron chi connectivity index (χ4n) is 1.42. The maximum atomic E-state index is 13.0. The maximum Gasteiger partial charge on any atom is 0.389 e. The predicted molar refractivity (Wildman–Crippen MR) is 66.3 cm³/mol. The Morgan fingerprint density at radius 1 is 1.26 bits per heavy atom. The smallest absolute Gasteiger partial charge is 0.352 e. The van der Waals surface area contributed by atoms with Gasteiger partial charge in [-0.15, -0.1) is 0 Å². The number of benzene rings is 1. The van der Waals surface area contributed by atoms with E-state index in [2.05, 4.69) is 21.2 Å². The van der Waals surface area contributed by atoms with Crippen molar-refractivity contribution in [2.75, 3.05) is 6.54 Å². The largest absolute Gasteiger partial charge is 0.389 e. The average Bonchev–Trinajstić information content (AvgIpc) is 2.30. The van der Waals surface area contributed by atoms with Gasteiger partial charge < -0.3 is 5.32 Å². The Morgan fingerprint density at radius 2 is 1.95 bits per heavy atom. The molecule has 0 saturated heterocycles. The molecule has 0 saturated carbocycles. The molecular weight excluding hydrogens is 330 g/mol. The molecule has 1 aromatic rings. The lowest BCUT2D eigenvalue weighted by atomic mass is 10.2. The number of unbranched alkanes of at least 4 members (excludes halogenated alkanes) is 1. The van der Waals surface area contributed by atoms with Gasteiger partial charge in [-0.3, -0.25) is 4.79 Å². The third kappa shape index (κ3) is 6.04. The minimum atomic E-state index is -4.17. The Morgan fingerprint density at radius 3 is 2.58 bits per heavy atom. The van der Waals surface area contributed by atoms with E-state index >= 15 is 0 Å². The molecular formula is C12H12BrF4NO. The van der Waals surface area contributed by atoms with Crippen molar-refractivity contribution in [3.63, 3.8) is 0 Å². The third-order valence-corrected chi connectivity index (χ3v) is 3.04. The molecule has 0 fully saturated rings. The number of alkyl halides is 3. The topological polar surface area (TPSA) is 29.1 Å². The van der Waals surface area contributed by atoms with Crippen molar-refractivity contribution < 1.29 is 22.4 Å². The van der Waals surface area contributed by atoms with E-state index in [4.69, 9.17) is 0 Å². The van der Waals surface area contributed by atoms with Gasteiger partial charge in [0.05, 0.1) is 5.56 Å². The number of nitrogens with one attached hydrogen (secondary N) is 1. The Labute approximate surface area is 116 Å². The summed E-state index contributed by atoms with van der Waals surface area (Å²) in [5.41, 5.74) is 0.121. The number of amides is 1. The Kier molecular flexibility index (Phi) is 5.78. The van der Waals surface area contributed by atoms with E-state index in [9.17, 15) is 22.4 Å². The zero-order valence-electron chi connectivity index (χ0n) is 9.86. The molecule has 1 rings (SSSR count). The van der Waals surface area contributed by atoms with Crippen LogP contribution in [0.3, 0.4) is 0 Å². The second-order valence-electron chi connectivity index (χ2n) is 3.95. The van der Waals surface area contributed by atoms with Crippen molar-refractivity contribution in [3.05, 3.63) is 34.1 Å². The number of hydrogen-bond acceptors (Lipinski definition) is 1. The van der Waals surface area contributed by atoms with Crippen molar-refractivity contribution in [1.29, 1.82) is 0 Å². The van der Waals surface area contributed by atoms with Crippen LogP contribution in [0.2, 0.25) is 0 Å². The van der Waals surface area contributed by atoms with Gasteiger partial charge in [0.25, 0.3) is 5.91 Å². The van der Waals surface area contributed by atoms with E-state index in [1.807, 2.05) is 0 Å². The Hall–Kier alpha value is -1.11. The van der Waals surface area contributed by atoms with E-state index in [1.54, 1.807) is 0 Å². The molecule has 19 heavy (non-hydrogen) atoms. The average molecular weight is 342 g/mol. The van der Waals surface area contributed by atoms with Gasteiger partial charge in [0, 0.05) is 17.4 Å². The van der Waals surface area contributed by atoms with Gasteiger partial charge in [0.2, 0.25) is 0 Å². The fraction of sp³-hybridized carbons (Fsp3) is 0.417. The summed E-state index contributed by atoms with van der Waals surface area (Å²) in [7, 11) is 0. The summed E-state index contributed by atoms with van der Waals surface area (Å²) in [6, 6.07) is 3.66. The van der Waals surface area contributed by atoms with Crippen LogP contribution in [-0.2, 0) is 0 Å². The van der Waals surface area contributed by atoms with Crippen LogP contribution in [0.15, 0.2) is 22.7 Å². The van der Waals surface area contributed by atoms with Gasteiger partial charge in [-0.05, 0) is 47.0 Å². The molecule has 0 aliphatic rings. The van der Waals surface area contributed by atoms with Crippen LogP contribution >= 0.6 is 15.9 Å². The first-order valence-corrected chi connectivity index (χ1v) is 6.39. The van der Waals surface area contributed by atoms with Crippen molar-refractivity contribution in [2.24, 2.45) is 0 Å². The highest BCUT2D eigenvalue weighted by molar-refractivity contribution is 9.10. The molecule has 0 unspecified atom stereocenters. The quantitative estimate of drug-likeness (QED) is 0.635. The molecule has 1 aromatic carbocycles. The molecule has 0 aliphatic carbocycles.